The Hall–Kier alpha value is -1.11. The van der Waals surface area contributed by atoms with Gasteiger partial charge in [0.25, 0.3) is 0 Å². The molecule has 2 rings (SSSR count). The Morgan fingerprint density at radius 1 is 1.40 bits per heavy atom. The van der Waals surface area contributed by atoms with Crippen molar-refractivity contribution < 1.29 is 13.2 Å². The minimum atomic E-state index is -3.45. The predicted octanol–water partition coefficient (Wildman–Crippen LogP) is 1.82. The predicted molar refractivity (Wildman–Crippen MR) is 79.3 cm³/mol. The molecule has 0 spiro atoms. The van der Waals surface area contributed by atoms with Crippen molar-refractivity contribution >= 4 is 15.7 Å². The molecule has 20 heavy (non-hydrogen) atoms. The number of para-hydroxylation sites is 1. The summed E-state index contributed by atoms with van der Waals surface area (Å²) in [5.74, 6) is 0.421. The van der Waals surface area contributed by atoms with Crippen LogP contribution in [0.5, 0.6) is 0 Å². The van der Waals surface area contributed by atoms with Crippen LogP contribution in [0.25, 0.3) is 0 Å². The molecule has 0 saturated carbocycles. The summed E-state index contributed by atoms with van der Waals surface area (Å²) in [6.45, 7) is 5.73. The molecule has 0 radical (unpaired) electrons. The number of hydrogen-bond acceptors (Lipinski definition) is 4. The molecule has 2 atom stereocenters. The van der Waals surface area contributed by atoms with Gasteiger partial charge in [-0.2, -0.15) is 0 Å². The van der Waals surface area contributed by atoms with Crippen LogP contribution in [0.3, 0.4) is 0 Å². The van der Waals surface area contributed by atoms with E-state index in [0.717, 1.165) is 19.6 Å². The van der Waals surface area contributed by atoms with Crippen LogP contribution in [0, 0.1) is 5.92 Å². The second-order valence-electron chi connectivity index (χ2n) is 5.05. The van der Waals surface area contributed by atoms with Gasteiger partial charge >= 0.3 is 0 Å². The zero-order valence-corrected chi connectivity index (χ0v) is 12.7. The molecule has 0 amide bonds. The van der Waals surface area contributed by atoms with Crippen molar-refractivity contribution in [1.82, 2.24) is 4.72 Å². The molecule has 5 nitrogen and oxygen atoms in total. The van der Waals surface area contributed by atoms with E-state index in [1.165, 1.54) is 0 Å². The van der Waals surface area contributed by atoms with E-state index >= 15 is 0 Å². The zero-order chi connectivity index (χ0) is 14.6. The van der Waals surface area contributed by atoms with Gasteiger partial charge in [-0.05, 0) is 25.5 Å². The van der Waals surface area contributed by atoms with Gasteiger partial charge in [0.05, 0.1) is 12.3 Å². The highest BCUT2D eigenvalue weighted by atomic mass is 32.2. The average molecular weight is 298 g/mol. The van der Waals surface area contributed by atoms with Crippen LogP contribution < -0.4 is 10.0 Å². The maximum atomic E-state index is 12.2. The van der Waals surface area contributed by atoms with Crippen molar-refractivity contribution in [2.75, 3.05) is 25.1 Å². The third kappa shape index (κ3) is 3.50. The second kappa shape index (κ2) is 6.56. The molecule has 2 N–H and O–H groups in total. The van der Waals surface area contributed by atoms with E-state index in [1.54, 1.807) is 25.1 Å². The van der Waals surface area contributed by atoms with Gasteiger partial charge in [-0.25, -0.2) is 13.1 Å². The highest BCUT2D eigenvalue weighted by Gasteiger charge is 2.24. The van der Waals surface area contributed by atoms with E-state index in [1.807, 2.05) is 6.07 Å². The molecule has 1 aliphatic heterocycles. The van der Waals surface area contributed by atoms with Crippen molar-refractivity contribution in [3.63, 3.8) is 0 Å². The van der Waals surface area contributed by atoms with Gasteiger partial charge in [0.1, 0.15) is 4.90 Å². The van der Waals surface area contributed by atoms with E-state index in [4.69, 9.17) is 4.74 Å². The standard InChI is InChI=1S/C14H22N2O3S/c1-3-15-20(17,18)14-7-5-4-6-13(14)16-11(2)12-8-9-19-10-12/h4-7,11-12,15-16H,3,8-10H2,1-2H3. The lowest BCUT2D eigenvalue weighted by Gasteiger charge is -2.22. The highest BCUT2D eigenvalue weighted by molar-refractivity contribution is 7.89. The molecule has 112 valence electrons. The first-order valence-electron chi connectivity index (χ1n) is 6.97. The van der Waals surface area contributed by atoms with Gasteiger partial charge in [0.15, 0.2) is 0 Å². The molecule has 1 fully saturated rings. The Labute approximate surface area is 120 Å². The third-order valence-electron chi connectivity index (χ3n) is 3.57. The molecule has 0 bridgehead atoms. The summed E-state index contributed by atoms with van der Waals surface area (Å²) in [7, 11) is -3.45. The van der Waals surface area contributed by atoms with Gasteiger partial charge in [-0.3, -0.25) is 0 Å². The van der Waals surface area contributed by atoms with Gasteiger partial charge in [-0.1, -0.05) is 19.1 Å². The van der Waals surface area contributed by atoms with Gasteiger partial charge < -0.3 is 10.1 Å². The molecule has 6 heteroatoms. The molecule has 0 aliphatic carbocycles. The average Bonchev–Trinajstić information content (AvgIpc) is 2.93. The number of nitrogens with one attached hydrogen (secondary N) is 2. The molecule has 0 aromatic heterocycles. The first-order chi connectivity index (χ1) is 9.54. The van der Waals surface area contributed by atoms with Crippen LogP contribution in [-0.4, -0.2) is 34.2 Å². The monoisotopic (exact) mass is 298 g/mol. The maximum Gasteiger partial charge on any atom is 0.242 e. The number of sulfonamides is 1. The molecular weight excluding hydrogens is 276 g/mol. The van der Waals surface area contributed by atoms with Gasteiger partial charge in [0, 0.05) is 25.1 Å². The Kier molecular flexibility index (Phi) is 5.01. The van der Waals surface area contributed by atoms with Crippen LogP contribution in [0.1, 0.15) is 20.3 Å². The molecule has 1 aromatic rings. The topological polar surface area (TPSA) is 67.4 Å². The molecule has 1 aliphatic rings. The normalized spacial score (nSPS) is 20.8. The number of ether oxygens (including phenoxy) is 1. The van der Waals surface area contributed by atoms with Crippen molar-refractivity contribution in [2.24, 2.45) is 5.92 Å². The van der Waals surface area contributed by atoms with Gasteiger partial charge in [-0.15, -0.1) is 0 Å². The van der Waals surface area contributed by atoms with Crippen molar-refractivity contribution in [1.29, 1.82) is 0 Å². The minimum absolute atomic E-state index is 0.176. The summed E-state index contributed by atoms with van der Waals surface area (Å²) in [6, 6.07) is 7.18. The zero-order valence-electron chi connectivity index (χ0n) is 11.9. The van der Waals surface area contributed by atoms with Crippen LogP contribution in [-0.2, 0) is 14.8 Å². The summed E-state index contributed by atoms with van der Waals surface area (Å²) in [4.78, 5) is 0.299. The second-order valence-corrected chi connectivity index (χ2v) is 6.79. The first kappa shape index (κ1) is 15.3. The van der Waals surface area contributed by atoms with Crippen LogP contribution >= 0.6 is 0 Å². The molecule has 1 heterocycles. The van der Waals surface area contributed by atoms with Crippen molar-refractivity contribution in [3.8, 4) is 0 Å². The number of benzene rings is 1. The lowest BCUT2D eigenvalue weighted by Crippen LogP contribution is -2.29. The highest BCUT2D eigenvalue weighted by Crippen LogP contribution is 2.25. The van der Waals surface area contributed by atoms with Crippen LogP contribution in [0.2, 0.25) is 0 Å². The fourth-order valence-corrected chi connectivity index (χ4v) is 3.61. The lowest BCUT2D eigenvalue weighted by atomic mass is 10.0. The van der Waals surface area contributed by atoms with E-state index in [2.05, 4.69) is 17.0 Å². The molecule has 2 unspecified atom stereocenters. The van der Waals surface area contributed by atoms with Crippen LogP contribution in [0.4, 0.5) is 5.69 Å². The molecular formula is C14H22N2O3S. The lowest BCUT2D eigenvalue weighted by molar-refractivity contribution is 0.183. The fraction of sp³-hybridized carbons (Fsp3) is 0.571. The minimum Gasteiger partial charge on any atom is -0.381 e. The number of anilines is 1. The van der Waals surface area contributed by atoms with Crippen LogP contribution in [0.15, 0.2) is 29.2 Å². The van der Waals surface area contributed by atoms with Crippen molar-refractivity contribution in [2.45, 2.75) is 31.2 Å². The smallest absolute Gasteiger partial charge is 0.242 e. The summed E-state index contributed by atoms with van der Waals surface area (Å²) in [5, 5.41) is 3.32. The Morgan fingerprint density at radius 2 is 2.15 bits per heavy atom. The van der Waals surface area contributed by atoms with E-state index in [-0.39, 0.29) is 6.04 Å². The summed E-state index contributed by atoms with van der Waals surface area (Å²) < 4.78 is 32.3. The Morgan fingerprint density at radius 3 is 2.80 bits per heavy atom. The van der Waals surface area contributed by atoms with Crippen molar-refractivity contribution in [3.05, 3.63) is 24.3 Å². The fourth-order valence-electron chi connectivity index (χ4n) is 2.40. The maximum absolute atomic E-state index is 12.2. The third-order valence-corrected chi connectivity index (χ3v) is 5.17. The summed E-state index contributed by atoms with van der Waals surface area (Å²) in [5.41, 5.74) is 0.646. The SMILES string of the molecule is CCNS(=O)(=O)c1ccccc1NC(C)C1CCOC1. The van der Waals surface area contributed by atoms with Gasteiger partial charge in [0.2, 0.25) is 10.0 Å². The Balaban J connectivity index is 2.19. The number of hydrogen-bond donors (Lipinski definition) is 2. The number of rotatable bonds is 6. The molecule has 1 saturated heterocycles. The summed E-state index contributed by atoms with van der Waals surface area (Å²) in [6.07, 6.45) is 1.01. The first-order valence-corrected chi connectivity index (χ1v) is 8.46. The summed E-state index contributed by atoms with van der Waals surface area (Å²) >= 11 is 0. The molecule has 1 aromatic carbocycles. The largest absolute Gasteiger partial charge is 0.381 e. The van der Waals surface area contributed by atoms with E-state index in [9.17, 15) is 8.42 Å². The van der Waals surface area contributed by atoms with E-state index in [0.29, 0.717) is 23.0 Å². The van der Waals surface area contributed by atoms with E-state index < -0.39 is 10.0 Å². The Bertz CT molecular complexity index is 539. The quantitative estimate of drug-likeness (QED) is 0.840.